The van der Waals surface area contributed by atoms with E-state index in [1.54, 1.807) is 49.9 Å². The maximum Gasteiger partial charge on any atom is 0.412 e. The molecule has 0 atom stereocenters. The van der Waals surface area contributed by atoms with Gasteiger partial charge in [-0.3, -0.25) is 10.1 Å². The van der Waals surface area contributed by atoms with Crippen molar-refractivity contribution in [3.63, 3.8) is 0 Å². The van der Waals surface area contributed by atoms with Crippen molar-refractivity contribution in [1.29, 1.82) is 0 Å². The van der Waals surface area contributed by atoms with E-state index in [4.69, 9.17) is 4.74 Å². The molecule has 0 aromatic heterocycles. The third-order valence-electron chi connectivity index (χ3n) is 5.08. The monoisotopic (exact) mass is 410 g/mol. The number of benzene rings is 2. The van der Waals surface area contributed by atoms with Gasteiger partial charge in [0.05, 0.1) is 13.1 Å². The Morgan fingerprint density at radius 1 is 1.00 bits per heavy atom. The highest BCUT2D eigenvalue weighted by Gasteiger charge is 2.18. The molecule has 1 saturated heterocycles. The van der Waals surface area contributed by atoms with Crippen LogP contribution in [-0.2, 0) is 17.8 Å². The number of carbonyl (C=O) groups is 2. The zero-order chi connectivity index (χ0) is 21.6. The fourth-order valence-corrected chi connectivity index (χ4v) is 3.66. The van der Waals surface area contributed by atoms with Gasteiger partial charge in [0.15, 0.2) is 0 Å². The van der Waals surface area contributed by atoms with Crippen molar-refractivity contribution in [3.05, 3.63) is 65.2 Å². The molecule has 0 bridgehead atoms. The van der Waals surface area contributed by atoms with Crippen LogP contribution in [0.15, 0.2) is 48.5 Å². The molecule has 30 heavy (non-hydrogen) atoms. The van der Waals surface area contributed by atoms with Gasteiger partial charge in [0.1, 0.15) is 12.1 Å². The molecule has 0 radical (unpaired) electrons. The molecular weight excluding hydrogens is 378 g/mol. The first-order chi connectivity index (χ1) is 14.3. The Morgan fingerprint density at radius 2 is 1.70 bits per heavy atom. The van der Waals surface area contributed by atoms with Crippen LogP contribution in [0.25, 0.3) is 0 Å². The van der Waals surface area contributed by atoms with Gasteiger partial charge in [0.2, 0.25) is 0 Å². The first-order valence-electron chi connectivity index (χ1n) is 10.6. The van der Waals surface area contributed by atoms with Crippen LogP contribution >= 0.6 is 0 Å². The predicted octanol–water partition coefficient (Wildman–Crippen LogP) is 3.14. The summed E-state index contributed by atoms with van der Waals surface area (Å²) in [5.74, 6) is -0.175. The third-order valence-corrected chi connectivity index (χ3v) is 5.08. The number of rotatable bonds is 6. The first kappa shape index (κ1) is 21.8. The van der Waals surface area contributed by atoms with E-state index in [1.165, 1.54) is 31.5 Å². The minimum atomic E-state index is -0.580. The van der Waals surface area contributed by atoms with E-state index >= 15 is 0 Å². The fourth-order valence-electron chi connectivity index (χ4n) is 3.66. The van der Waals surface area contributed by atoms with Crippen LogP contribution in [0.5, 0.6) is 0 Å². The Kier molecular flexibility index (Phi) is 7.11. The highest BCUT2D eigenvalue weighted by Crippen LogP contribution is 2.14. The van der Waals surface area contributed by atoms with Crippen LogP contribution in [0.3, 0.4) is 0 Å². The summed E-state index contributed by atoms with van der Waals surface area (Å²) in [7, 11) is 0. The number of nitrogens with one attached hydrogen (secondary N) is 3. The van der Waals surface area contributed by atoms with Gasteiger partial charge in [-0.1, -0.05) is 30.3 Å². The minimum absolute atomic E-state index is 0.175. The lowest BCUT2D eigenvalue weighted by atomic mass is 10.1. The molecule has 6 nitrogen and oxygen atoms in total. The summed E-state index contributed by atoms with van der Waals surface area (Å²) in [4.78, 5) is 26.3. The molecule has 6 heteroatoms. The lowest BCUT2D eigenvalue weighted by Gasteiger charge is -2.19. The molecule has 0 saturated carbocycles. The second-order valence-corrected chi connectivity index (χ2v) is 8.79. The van der Waals surface area contributed by atoms with Gasteiger partial charge in [-0.05, 0) is 44.5 Å². The summed E-state index contributed by atoms with van der Waals surface area (Å²) in [6, 6.07) is 15.2. The highest BCUT2D eigenvalue weighted by molar-refractivity contribution is 5.96. The number of quaternary nitrogens is 1. The van der Waals surface area contributed by atoms with E-state index in [0.717, 1.165) is 12.1 Å². The van der Waals surface area contributed by atoms with Gasteiger partial charge < -0.3 is 15.0 Å². The standard InChI is InChI=1S/C24H31N3O3/c1-24(2,3)30-23(29)26-21-12-8-11-18(15-21)22(28)25-16-19-9-4-5-10-20(19)17-27-13-6-7-14-27/h4-5,8-12,15H,6-7,13-14,16-17H2,1-3H3,(H,25,28)(H,26,29)/p+1. The lowest BCUT2D eigenvalue weighted by Crippen LogP contribution is -3.08. The molecule has 1 fully saturated rings. The first-order valence-corrected chi connectivity index (χ1v) is 10.6. The van der Waals surface area contributed by atoms with Crippen LogP contribution < -0.4 is 15.5 Å². The Morgan fingerprint density at radius 3 is 2.40 bits per heavy atom. The third kappa shape index (κ3) is 6.59. The van der Waals surface area contributed by atoms with Gasteiger partial charge in [0, 0.05) is 36.2 Å². The van der Waals surface area contributed by atoms with E-state index in [-0.39, 0.29) is 5.91 Å². The van der Waals surface area contributed by atoms with Crippen molar-refractivity contribution in [1.82, 2.24) is 5.32 Å². The Hall–Kier alpha value is -2.86. The quantitative estimate of drug-likeness (QED) is 0.685. The second kappa shape index (κ2) is 9.76. The average Bonchev–Trinajstić information content (AvgIpc) is 3.19. The zero-order valence-electron chi connectivity index (χ0n) is 18.1. The fraction of sp³-hybridized carbons (Fsp3) is 0.417. The van der Waals surface area contributed by atoms with Crippen LogP contribution in [-0.4, -0.2) is 30.7 Å². The second-order valence-electron chi connectivity index (χ2n) is 8.79. The molecule has 2 aromatic carbocycles. The van der Waals surface area contributed by atoms with Crippen molar-refractivity contribution in [3.8, 4) is 0 Å². The molecule has 0 spiro atoms. The van der Waals surface area contributed by atoms with E-state index < -0.39 is 11.7 Å². The molecular formula is C24H32N3O3+. The van der Waals surface area contributed by atoms with E-state index in [0.29, 0.717) is 17.8 Å². The zero-order valence-corrected chi connectivity index (χ0v) is 18.1. The maximum absolute atomic E-state index is 12.7. The molecule has 160 valence electrons. The Bertz CT molecular complexity index is 883. The molecule has 1 aliphatic rings. The molecule has 1 heterocycles. The van der Waals surface area contributed by atoms with Crippen LogP contribution in [0.1, 0.15) is 55.1 Å². The van der Waals surface area contributed by atoms with Crippen molar-refractivity contribution in [2.45, 2.75) is 52.3 Å². The Labute approximate surface area is 178 Å². The van der Waals surface area contributed by atoms with Gasteiger partial charge in [-0.15, -0.1) is 0 Å². The number of hydrogen-bond donors (Lipinski definition) is 3. The SMILES string of the molecule is CC(C)(C)OC(=O)Nc1cccc(C(=O)NCc2ccccc2C[NH+]2CCCC2)c1. The topological polar surface area (TPSA) is 71.9 Å². The van der Waals surface area contributed by atoms with E-state index in [9.17, 15) is 9.59 Å². The Balaban J connectivity index is 1.60. The van der Waals surface area contributed by atoms with Crippen molar-refractivity contribution in [2.24, 2.45) is 0 Å². The number of carbonyl (C=O) groups excluding carboxylic acids is 2. The number of anilines is 1. The number of amides is 2. The molecule has 1 aliphatic heterocycles. The lowest BCUT2D eigenvalue weighted by molar-refractivity contribution is -0.901. The summed E-state index contributed by atoms with van der Waals surface area (Å²) < 4.78 is 5.26. The summed E-state index contributed by atoms with van der Waals surface area (Å²) in [5.41, 5.74) is 2.87. The van der Waals surface area contributed by atoms with Crippen LogP contribution in [0, 0.1) is 0 Å². The number of hydrogen-bond acceptors (Lipinski definition) is 3. The van der Waals surface area contributed by atoms with Crippen LogP contribution in [0.2, 0.25) is 0 Å². The van der Waals surface area contributed by atoms with E-state index in [2.05, 4.69) is 28.8 Å². The molecule has 3 rings (SSSR count). The molecule has 3 N–H and O–H groups in total. The van der Waals surface area contributed by atoms with Crippen LogP contribution in [0.4, 0.5) is 10.5 Å². The van der Waals surface area contributed by atoms with Gasteiger partial charge in [-0.25, -0.2) is 4.79 Å². The van der Waals surface area contributed by atoms with Gasteiger partial charge in [0.25, 0.3) is 5.91 Å². The number of ether oxygens (including phenoxy) is 1. The van der Waals surface area contributed by atoms with Crippen molar-refractivity contribution < 1.29 is 19.2 Å². The number of likely N-dealkylation sites (tertiary alicyclic amines) is 1. The minimum Gasteiger partial charge on any atom is -0.444 e. The van der Waals surface area contributed by atoms with Crippen molar-refractivity contribution in [2.75, 3.05) is 18.4 Å². The highest BCUT2D eigenvalue weighted by atomic mass is 16.6. The summed E-state index contributed by atoms with van der Waals surface area (Å²) in [6.45, 7) is 9.34. The van der Waals surface area contributed by atoms with Crippen molar-refractivity contribution >= 4 is 17.7 Å². The molecule has 0 unspecified atom stereocenters. The summed E-state index contributed by atoms with van der Waals surface area (Å²) in [5, 5.41) is 5.68. The smallest absolute Gasteiger partial charge is 0.412 e. The molecule has 2 aromatic rings. The predicted molar refractivity (Wildman–Crippen MR) is 118 cm³/mol. The largest absolute Gasteiger partial charge is 0.444 e. The molecule has 2 amide bonds. The maximum atomic E-state index is 12.7. The normalized spacial score (nSPS) is 14.4. The van der Waals surface area contributed by atoms with E-state index in [1.807, 2.05) is 6.07 Å². The summed E-state index contributed by atoms with van der Waals surface area (Å²) >= 11 is 0. The summed E-state index contributed by atoms with van der Waals surface area (Å²) in [6.07, 6.45) is 2.04. The van der Waals surface area contributed by atoms with Gasteiger partial charge >= 0.3 is 6.09 Å². The molecule has 0 aliphatic carbocycles. The average molecular weight is 411 g/mol. The van der Waals surface area contributed by atoms with Gasteiger partial charge in [-0.2, -0.15) is 0 Å².